The molecule has 7 nitrogen and oxygen atoms in total. The Morgan fingerprint density at radius 2 is 2.25 bits per heavy atom. The van der Waals surface area contributed by atoms with Gasteiger partial charge in [-0.15, -0.1) is 0 Å². The van der Waals surface area contributed by atoms with Gasteiger partial charge < -0.3 is 15.0 Å². The first kappa shape index (κ1) is 14.2. The van der Waals surface area contributed by atoms with E-state index in [1.165, 1.54) is 0 Å². The van der Waals surface area contributed by atoms with Crippen LogP contribution in [-0.2, 0) is 17.9 Å². The van der Waals surface area contributed by atoms with Gasteiger partial charge in [0.1, 0.15) is 0 Å². The first-order valence-corrected chi connectivity index (χ1v) is 6.06. The normalized spacial score (nSPS) is 10.6. The molecular formula is C12H17FN6O. The number of aromatic nitrogens is 4. The molecule has 0 atom stereocenters. The maximum atomic E-state index is 13.4. The van der Waals surface area contributed by atoms with Crippen LogP contribution in [0, 0.1) is 5.82 Å². The number of ether oxygens (including phenoxy) is 1. The highest BCUT2D eigenvalue weighted by molar-refractivity contribution is 5.42. The largest absolute Gasteiger partial charge is 0.378 e. The third-order valence-corrected chi connectivity index (χ3v) is 2.56. The molecule has 0 spiro atoms. The molecule has 0 aromatic carbocycles. The van der Waals surface area contributed by atoms with Crippen LogP contribution in [0.5, 0.6) is 0 Å². The second-order valence-electron chi connectivity index (χ2n) is 4.43. The lowest BCUT2D eigenvalue weighted by molar-refractivity contribution is 0.181. The average Bonchev–Trinajstić information content (AvgIpc) is 2.86. The summed E-state index contributed by atoms with van der Waals surface area (Å²) in [7, 11) is 5.06. The van der Waals surface area contributed by atoms with Gasteiger partial charge in [-0.3, -0.25) is 5.10 Å². The highest BCUT2D eigenvalue weighted by Crippen LogP contribution is 2.14. The van der Waals surface area contributed by atoms with Crippen molar-refractivity contribution in [3.8, 4) is 0 Å². The summed E-state index contributed by atoms with van der Waals surface area (Å²) in [6.45, 7) is 0.920. The van der Waals surface area contributed by atoms with E-state index in [-0.39, 0.29) is 5.82 Å². The number of hydrogen-bond donors (Lipinski definition) is 2. The van der Waals surface area contributed by atoms with Gasteiger partial charge in [0.25, 0.3) is 0 Å². The molecule has 0 fully saturated rings. The second-order valence-corrected chi connectivity index (χ2v) is 4.43. The zero-order valence-corrected chi connectivity index (χ0v) is 11.6. The third-order valence-electron chi connectivity index (χ3n) is 2.56. The molecule has 0 saturated heterocycles. The smallest absolute Gasteiger partial charge is 0.225 e. The molecule has 108 valence electrons. The zero-order chi connectivity index (χ0) is 14.5. The number of nitrogens with zero attached hydrogens (tertiary/aromatic N) is 4. The lowest BCUT2D eigenvalue weighted by atomic mass is 10.3. The molecule has 0 unspecified atom stereocenters. The molecule has 8 heteroatoms. The predicted octanol–water partition coefficient (Wildman–Crippen LogP) is 1.16. The van der Waals surface area contributed by atoms with E-state index >= 15 is 0 Å². The molecule has 0 bridgehead atoms. The van der Waals surface area contributed by atoms with Gasteiger partial charge in [0.2, 0.25) is 5.95 Å². The Kier molecular flexibility index (Phi) is 4.46. The summed E-state index contributed by atoms with van der Waals surface area (Å²) in [5.41, 5.74) is 1.69. The summed E-state index contributed by atoms with van der Waals surface area (Å²) in [6, 6.07) is 1.88. The van der Waals surface area contributed by atoms with Gasteiger partial charge in [0.05, 0.1) is 30.7 Å². The third kappa shape index (κ3) is 3.41. The number of methoxy groups -OCH3 is 1. The molecule has 0 saturated carbocycles. The molecule has 2 N–H and O–H groups in total. The van der Waals surface area contributed by atoms with Gasteiger partial charge in [0, 0.05) is 21.2 Å². The van der Waals surface area contributed by atoms with Crippen molar-refractivity contribution in [3.63, 3.8) is 0 Å². The van der Waals surface area contributed by atoms with Crippen molar-refractivity contribution >= 4 is 11.8 Å². The van der Waals surface area contributed by atoms with Crippen LogP contribution in [0.25, 0.3) is 0 Å². The van der Waals surface area contributed by atoms with Crippen molar-refractivity contribution in [1.29, 1.82) is 0 Å². The fraction of sp³-hybridized carbons (Fsp3) is 0.417. The minimum atomic E-state index is -0.454. The Hall–Kier alpha value is -2.22. The molecule has 0 radical (unpaired) electrons. The minimum absolute atomic E-state index is 0.243. The quantitative estimate of drug-likeness (QED) is 0.826. The highest BCUT2D eigenvalue weighted by atomic mass is 19.1. The summed E-state index contributed by atoms with van der Waals surface area (Å²) in [4.78, 5) is 9.59. The van der Waals surface area contributed by atoms with Gasteiger partial charge in [-0.2, -0.15) is 10.1 Å². The van der Waals surface area contributed by atoms with Crippen LogP contribution in [0.15, 0.2) is 12.3 Å². The Morgan fingerprint density at radius 3 is 2.95 bits per heavy atom. The molecule has 0 aliphatic rings. The minimum Gasteiger partial charge on any atom is -0.378 e. The predicted molar refractivity (Wildman–Crippen MR) is 72.9 cm³/mol. The number of nitrogens with one attached hydrogen (secondary N) is 2. The van der Waals surface area contributed by atoms with Crippen molar-refractivity contribution in [3.05, 3.63) is 29.5 Å². The molecule has 0 aliphatic carbocycles. The van der Waals surface area contributed by atoms with Gasteiger partial charge >= 0.3 is 0 Å². The monoisotopic (exact) mass is 280 g/mol. The van der Waals surface area contributed by atoms with Gasteiger partial charge in [-0.25, -0.2) is 9.37 Å². The van der Waals surface area contributed by atoms with E-state index in [4.69, 9.17) is 4.74 Å². The SMILES string of the molecule is COCc1cc(CNc2ncc(F)c(N(C)C)n2)[nH]n1. The maximum Gasteiger partial charge on any atom is 0.225 e. The number of rotatable bonds is 6. The van der Waals surface area contributed by atoms with Crippen LogP contribution in [-0.4, -0.2) is 41.4 Å². The van der Waals surface area contributed by atoms with Crippen LogP contribution < -0.4 is 10.2 Å². The van der Waals surface area contributed by atoms with Gasteiger partial charge in [-0.05, 0) is 6.07 Å². The van der Waals surface area contributed by atoms with Crippen LogP contribution in [0.3, 0.4) is 0 Å². The molecule has 2 rings (SSSR count). The first-order chi connectivity index (χ1) is 9.60. The number of halogens is 1. The summed E-state index contributed by atoms with van der Waals surface area (Å²) < 4.78 is 18.4. The lowest BCUT2D eigenvalue weighted by Crippen LogP contribution is -2.15. The molecule has 0 aliphatic heterocycles. The van der Waals surface area contributed by atoms with E-state index in [1.807, 2.05) is 6.07 Å². The van der Waals surface area contributed by atoms with Crippen molar-refractivity contribution in [1.82, 2.24) is 20.2 Å². The fourth-order valence-electron chi connectivity index (χ4n) is 1.65. The number of anilines is 2. The second kappa shape index (κ2) is 6.29. The molecule has 2 heterocycles. The van der Waals surface area contributed by atoms with Crippen molar-refractivity contribution in [2.24, 2.45) is 0 Å². The van der Waals surface area contributed by atoms with E-state index in [9.17, 15) is 4.39 Å². The Labute approximate surface area is 116 Å². The van der Waals surface area contributed by atoms with E-state index in [0.717, 1.165) is 17.6 Å². The summed E-state index contributed by atoms with van der Waals surface area (Å²) in [5.74, 6) is 0.148. The topological polar surface area (TPSA) is 79.0 Å². The Morgan fingerprint density at radius 1 is 1.45 bits per heavy atom. The van der Waals surface area contributed by atoms with E-state index in [0.29, 0.717) is 19.1 Å². The van der Waals surface area contributed by atoms with Gasteiger partial charge in [-0.1, -0.05) is 0 Å². The average molecular weight is 280 g/mol. The molecule has 2 aromatic rings. The standard InChI is InChI=1S/C12H17FN6O/c1-19(2)11-10(13)6-15-12(16-11)14-5-8-4-9(7-20-3)18-17-8/h4,6H,5,7H2,1-3H3,(H,17,18)(H,14,15,16). The Bertz CT molecular complexity index is 571. The number of aromatic amines is 1. The van der Waals surface area contributed by atoms with E-state index < -0.39 is 5.82 Å². The van der Waals surface area contributed by atoms with Crippen LogP contribution in [0.1, 0.15) is 11.4 Å². The highest BCUT2D eigenvalue weighted by Gasteiger charge is 2.09. The Balaban J connectivity index is 2.01. The molecular weight excluding hydrogens is 263 g/mol. The summed E-state index contributed by atoms with van der Waals surface area (Å²) >= 11 is 0. The van der Waals surface area contributed by atoms with Crippen molar-refractivity contribution in [2.75, 3.05) is 31.4 Å². The van der Waals surface area contributed by atoms with Gasteiger partial charge in [0.15, 0.2) is 11.6 Å². The molecule has 20 heavy (non-hydrogen) atoms. The first-order valence-electron chi connectivity index (χ1n) is 6.06. The summed E-state index contributed by atoms with van der Waals surface area (Å²) in [5, 5.41) is 9.97. The molecule has 2 aromatic heterocycles. The van der Waals surface area contributed by atoms with Crippen LogP contribution >= 0.6 is 0 Å². The fourth-order valence-corrected chi connectivity index (χ4v) is 1.65. The number of H-pyrrole nitrogens is 1. The van der Waals surface area contributed by atoms with Crippen LogP contribution in [0.4, 0.5) is 16.2 Å². The number of hydrogen-bond acceptors (Lipinski definition) is 6. The van der Waals surface area contributed by atoms with Crippen molar-refractivity contribution in [2.45, 2.75) is 13.2 Å². The lowest BCUT2D eigenvalue weighted by Gasteiger charge is -2.13. The maximum absolute atomic E-state index is 13.4. The summed E-state index contributed by atoms with van der Waals surface area (Å²) in [6.07, 6.45) is 1.15. The van der Waals surface area contributed by atoms with Crippen molar-refractivity contribution < 1.29 is 9.13 Å². The zero-order valence-electron chi connectivity index (χ0n) is 11.6. The molecule has 0 amide bonds. The van der Waals surface area contributed by atoms with E-state index in [1.54, 1.807) is 26.1 Å². The van der Waals surface area contributed by atoms with Crippen LogP contribution in [0.2, 0.25) is 0 Å². The van der Waals surface area contributed by atoms with E-state index in [2.05, 4.69) is 25.5 Å².